The number of halogens is 2. The highest BCUT2D eigenvalue weighted by Gasteiger charge is 2.22. The van der Waals surface area contributed by atoms with Crippen LogP contribution in [0, 0.1) is 5.82 Å². The topological polar surface area (TPSA) is 72.3 Å². The van der Waals surface area contributed by atoms with Crippen molar-refractivity contribution in [3.8, 4) is 0 Å². The van der Waals surface area contributed by atoms with Crippen molar-refractivity contribution in [2.45, 2.75) is 41.6 Å². The number of likely N-dealkylation sites (tertiary alicyclic amines) is 1. The first-order valence-corrected chi connectivity index (χ1v) is 12.2. The smallest absolute Gasteiger partial charge is 0.141 e. The first-order chi connectivity index (χ1) is 15.4. The molecule has 1 aliphatic heterocycles. The summed E-state index contributed by atoms with van der Waals surface area (Å²) in [4.78, 5) is 3.60. The zero-order valence-corrected chi connectivity index (χ0v) is 19.3. The second kappa shape index (κ2) is 10.1. The Labute approximate surface area is 195 Å². The van der Waals surface area contributed by atoms with Crippen LogP contribution in [0.2, 0.25) is 5.02 Å². The summed E-state index contributed by atoms with van der Waals surface area (Å²) in [5, 5.41) is -0.0207. The summed E-state index contributed by atoms with van der Waals surface area (Å²) in [6, 6.07) is 18.0. The van der Waals surface area contributed by atoms with E-state index in [4.69, 9.17) is 23.1 Å². The molecule has 0 bridgehead atoms. The van der Waals surface area contributed by atoms with Crippen LogP contribution in [0.1, 0.15) is 35.4 Å². The number of piperidine rings is 1. The first kappa shape index (κ1) is 22.9. The maximum Gasteiger partial charge on any atom is 0.141 e. The second-order valence-electron chi connectivity index (χ2n) is 8.20. The lowest BCUT2D eigenvalue weighted by molar-refractivity contribution is 0.204. The van der Waals surface area contributed by atoms with Crippen LogP contribution in [-0.2, 0) is 23.9 Å². The average Bonchev–Trinajstić information content (AvgIpc) is 2.81. The molecule has 1 atom stereocenters. The molecule has 0 radical (unpaired) electrons. The lowest BCUT2D eigenvalue weighted by atomic mass is 9.86. The van der Waals surface area contributed by atoms with Gasteiger partial charge in [-0.1, -0.05) is 29.8 Å². The Kier molecular flexibility index (Phi) is 7.26. The van der Waals surface area contributed by atoms with E-state index in [9.17, 15) is 8.60 Å². The van der Waals surface area contributed by atoms with E-state index >= 15 is 0 Å². The molecule has 0 saturated carbocycles. The molecule has 0 spiro atoms. The predicted molar refractivity (Wildman–Crippen MR) is 129 cm³/mol. The number of hydrogen-bond donors (Lipinski definition) is 2. The number of benzene rings is 3. The van der Waals surface area contributed by atoms with Crippen molar-refractivity contribution in [1.29, 1.82) is 0 Å². The molecule has 0 amide bonds. The molecule has 1 unspecified atom stereocenters. The van der Waals surface area contributed by atoms with Crippen LogP contribution in [0.5, 0.6) is 0 Å². The predicted octanol–water partition coefficient (Wildman–Crippen LogP) is 5.07. The lowest BCUT2D eigenvalue weighted by Crippen LogP contribution is -2.32. The average molecular weight is 472 g/mol. The van der Waals surface area contributed by atoms with Crippen LogP contribution < -0.4 is 11.5 Å². The van der Waals surface area contributed by atoms with Gasteiger partial charge in [-0.25, -0.2) is 8.60 Å². The summed E-state index contributed by atoms with van der Waals surface area (Å²) in [6.45, 7) is 3.40. The number of nitrogens with two attached hydrogens (primary N) is 2. The van der Waals surface area contributed by atoms with Crippen LogP contribution in [0.25, 0.3) is 0 Å². The van der Waals surface area contributed by atoms with Gasteiger partial charge >= 0.3 is 0 Å². The molecular formula is C25H27ClFN3OS. The van der Waals surface area contributed by atoms with Crippen LogP contribution in [-0.4, -0.2) is 22.2 Å². The summed E-state index contributed by atoms with van der Waals surface area (Å²) < 4.78 is 26.1. The summed E-state index contributed by atoms with van der Waals surface area (Å²) in [5.41, 5.74) is 16.4. The fourth-order valence-electron chi connectivity index (χ4n) is 4.29. The molecule has 7 heteroatoms. The fourth-order valence-corrected chi connectivity index (χ4v) is 5.60. The van der Waals surface area contributed by atoms with Crippen LogP contribution in [0.15, 0.2) is 70.5 Å². The van der Waals surface area contributed by atoms with E-state index in [0.717, 1.165) is 38.2 Å². The van der Waals surface area contributed by atoms with Crippen LogP contribution in [0.3, 0.4) is 0 Å². The maximum atomic E-state index is 13.4. The van der Waals surface area contributed by atoms with E-state index in [1.54, 1.807) is 0 Å². The maximum absolute atomic E-state index is 13.4. The van der Waals surface area contributed by atoms with Crippen molar-refractivity contribution in [3.63, 3.8) is 0 Å². The van der Waals surface area contributed by atoms with Gasteiger partial charge in [-0.2, -0.15) is 0 Å². The van der Waals surface area contributed by atoms with Crippen molar-refractivity contribution in [1.82, 2.24) is 4.90 Å². The van der Waals surface area contributed by atoms with E-state index < -0.39 is 16.6 Å². The molecule has 0 aliphatic carbocycles. The standard InChI is InChI=1S/C25H27ClFN3OS/c26-24-14-22(7-8-25(24)27)32(31)21-5-1-17(2-6-21)16-30-11-9-18(10-12-30)23-13-20(29)4-3-19(23)15-28/h1-8,13-14,18H,9-12,15-16,28-29H2. The van der Waals surface area contributed by atoms with Crippen molar-refractivity contribution in [2.24, 2.45) is 5.73 Å². The van der Waals surface area contributed by atoms with Crippen molar-refractivity contribution in [2.75, 3.05) is 18.8 Å². The molecule has 3 aromatic carbocycles. The van der Waals surface area contributed by atoms with Gasteiger partial charge < -0.3 is 11.5 Å². The van der Waals surface area contributed by atoms with E-state index in [0.29, 0.717) is 22.3 Å². The Morgan fingerprint density at radius 2 is 1.69 bits per heavy atom. The van der Waals surface area contributed by atoms with Gasteiger partial charge in [0.2, 0.25) is 0 Å². The van der Waals surface area contributed by atoms with Gasteiger partial charge in [-0.15, -0.1) is 0 Å². The van der Waals surface area contributed by atoms with E-state index in [2.05, 4.69) is 11.0 Å². The minimum Gasteiger partial charge on any atom is -0.399 e. The number of nitrogens with zero attached hydrogens (tertiary/aromatic N) is 1. The monoisotopic (exact) mass is 471 g/mol. The molecular weight excluding hydrogens is 445 g/mol. The van der Waals surface area contributed by atoms with Gasteiger partial charge in [0, 0.05) is 28.6 Å². The van der Waals surface area contributed by atoms with E-state index in [1.807, 2.05) is 36.4 Å². The SMILES string of the molecule is NCc1ccc(N)cc1C1CCN(Cc2ccc(S(=O)c3ccc(F)c(Cl)c3)cc2)CC1. The Morgan fingerprint density at radius 1 is 1.00 bits per heavy atom. The highest BCUT2D eigenvalue weighted by atomic mass is 35.5. The Balaban J connectivity index is 1.36. The summed E-state index contributed by atoms with van der Waals surface area (Å²) in [5.74, 6) is -0.0258. The zero-order valence-electron chi connectivity index (χ0n) is 17.8. The molecule has 1 heterocycles. The van der Waals surface area contributed by atoms with Gasteiger partial charge in [0.05, 0.1) is 15.8 Å². The molecule has 0 aromatic heterocycles. The van der Waals surface area contributed by atoms with Crippen molar-refractivity contribution in [3.05, 3.63) is 88.2 Å². The quantitative estimate of drug-likeness (QED) is 0.492. The summed E-state index contributed by atoms with van der Waals surface area (Å²) >= 11 is 5.83. The Morgan fingerprint density at radius 3 is 2.34 bits per heavy atom. The third kappa shape index (κ3) is 5.21. The lowest BCUT2D eigenvalue weighted by Gasteiger charge is -2.33. The van der Waals surface area contributed by atoms with Gasteiger partial charge in [0.25, 0.3) is 0 Å². The molecule has 4 rings (SSSR count). The highest BCUT2D eigenvalue weighted by Crippen LogP contribution is 2.32. The normalized spacial score (nSPS) is 16.2. The first-order valence-electron chi connectivity index (χ1n) is 10.7. The zero-order chi connectivity index (χ0) is 22.7. The molecule has 168 valence electrons. The van der Waals surface area contributed by atoms with Gasteiger partial charge in [0.1, 0.15) is 5.82 Å². The van der Waals surface area contributed by atoms with Crippen LogP contribution in [0.4, 0.5) is 10.1 Å². The molecule has 1 fully saturated rings. The van der Waals surface area contributed by atoms with E-state index in [1.165, 1.54) is 34.9 Å². The van der Waals surface area contributed by atoms with Gasteiger partial charge in [-0.05, 0) is 91.0 Å². The molecule has 3 aromatic rings. The molecule has 1 saturated heterocycles. The number of rotatable bonds is 6. The van der Waals surface area contributed by atoms with E-state index in [-0.39, 0.29) is 5.02 Å². The van der Waals surface area contributed by atoms with Crippen LogP contribution >= 0.6 is 11.6 Å². The highest BCUT2D eigenvalue weighted by molar-refractivity contribution is 7.85. The second-order valence-corrected chi connectivity index (χ2v) is 10.1. The Hall–Kier alpha value is -2.25. The number of nitrogen functional groups attached to an aromatic ring is 1. The summed E-state index contributed by atoms with van der Waals surface area (Å²) in [6.07, 6.45) is 2.15. The third-order valence-corrected chi connectivity index (χ3v) is 7.74. The molecule has 1 aliphatic rings. The Bertz CT molecular complexity index is 1110. The molecule has 32 heavy (non-hydrogen) atoms. The van der Waals surface area contributed by atoms with Crippen molar-refractivity contribution >= 4 is 28.1 Å². The number of anilines is 1. The minimum absolute atomic E-state index is 0.0207. The third-order valence-electron chi connectivity index (χ3n) is 6.07. The fraction of sp³-hybridized carbons (Fsp3) is 0.280. The van der Waals surface area contributed by atoms with Gasteiger partial charge in [-0.3, -0.25) is 4.90 Å². The molecule has 4 nitrogen and oxygen atoms in total. The largest absolute Gasteiger partial charge is 0.399 e. The molecule has 4 N–H and O–H groups in total. The summed E-state index contributed by atoms with van der Waals surface area (Å²) in [7, 11) is -1.40. The number of hydrogen-bond acceptors (Lipinski definition) is 4. The van der Waals surface area contributed by atoms with Gasteiger partial charge in [0.15, 0.2) is 0 Å². The van der Waals surface area contributed by atoms with Crippen molar-refractivity contribution < 1.29 is 8.60 Å². The minimum atomic E-state index is -1.40.